The van der Waals surface area contributed by atoms with Crippen LogP contribution in [0, 0.1) is 17.3 Å². The molecule has 22 heavy (non-hydrogen) atoms. The van der Waals surface area contributed by atoms with E-state index < -0.39 is 0 Å². The van der Waals surface area contributed by atoms with Gasteiger partial charge >= 0.3 is 0 Å². The number of hydrogen-bond acceptors (Lipinski definition) is 3. The van der Waals surface area contributed by atoms with Crippen LogP contribution in [0.5, 0.6) is 0 Å². The minimum atomic E-state index is -0.0437. The van der Waals surface area contributed by atoms with Gasteiger partial charge in [-0.05, 0) is 35.6 Å². The van der Waals surface area contributed by atoms with Crippen LogP contribution in [-0.2, 0) is 4.79 Å². The average molecular weight is 295 g/mol. The van der Waals surface area contributed by atoms with Gasteiger partial charge in [0, 0.05) is 18.5 Å². The van der Waals surface area contributed by atoms with Crippen molar-refractivity contribution >= 4 is 5.91 Å². The van der Waals surface area contributed by atoms with Crippen LogP contribution < -0.4 is 11.5 Å². The van der Waals surface area contributed by atoms with Gasteiger partial charge in [-0.3, -0.25) is 9.69 Å². The monoisotopic (exact) mass is 295 g/mol. The highest BCUT2D eigenvalue weighted by atomic mass is 16.2. The lowest BCUT2D eigenvalue weighted by atomic mass is 9.93. The molecule has 1 aromatic carbocycles. The number of rotatable bonds is 2. The van der Waals surface area contributed by atoms with E-state index in [1.807, 2.05) is 44.2 Å². The van der Waals surface area contributed by atoms with E-state index in [2.05, 4.69) is 11.8 Å². The van der Waals surface area contributed by atoms with E-state index in [1.54, 1.807) is 17.1 Å². The summed E-state index contributed by atoms with van der Waals surface area (Å²) in [7, 11) is 0. The van der Waals surface area contributed by atoms with Crippen molar-refractivity contribution in [3.05, 3.63) is 59.6 Å². The lowest BCUT2D eigenvalue weighted by Crippen LogP contribution is -2.30. The Morgan fingerprint density at radius 1 is 1.23 bits per heavy atom. The summed E-state index contributed by atoms with van der Waals surface area (Å²) in [5.74, 6) is 6.27. The maximum atomic E-state index is 11.9. The number of hydrogen-bond donors (Lipinski definition) is 2. The first-order chi connectivity index (χ1) is 10.4. The zero-order valence-corrected chi connectivity index (χ0v) is 13.0. The lowest BCUT2D eigenvalue weighted by molar-refractivity contribution is -0.126. The van der Waals surface area contributed by atoms with Crippen LogP contribution >= 0.6 is 0 Å². The van der Waals surface area contributed by atoms with Gasteiger partial charge < -0.3 is 11.5 Å². The Labute approximate surface area is 131 Å². The fourth-order valence-electron chi connectivity index (χ4n) is 2.28. The molecule has 1 aliphatic heterocycles. The SMILES string of the molecule is CC1(C)CC(=O)N(/C(N)=C/C=C(\N)C#Cc2ccccc2)C1. The molecular formula is C18H21N3O. The Morgan fingerprint density at radius 3 is 2.50 bits per heavy atom. The number of allylic oxidation sites excluding steroid dienone is 3. The molecule has 1 aromatic rings. The van der Waals surface area contributed by atoms with Gasteiger partial charge in [-0.25, -0.2) is 0 Å². The summed E-state index contributed by atoms with van der Waals surface area (Å²) >= 11 is 0. The lowest BCUT2D eigenvalue weighted by Gasteiger charge is -2.19. The van der Waals surface area contributed by atoms with Crippen molar-refractivity contribution in [3.8, 4) is 11.8 Å². The second-order valence-electron chi connectivity index (χ2n) is 6.15. The van der Waals surface area contributed by atoms with Crippen LogP contribution in [0.4, 0.5) is 0 Å². The quantitative estimate of drug-likeness (QED) is 0.647. The number of amides is 1. The molecule has 0 aromatic heterocycles. The second-order valence-corrected chi connectivity index (χ2v) is 6.15. The highest BCUT2D eigenvalue weighted by Crippen LogP contribution is 2.31. The predicted molar refractivity (Wildman–Crippen MR) is 88.0 cm³/mol. The van der Waals surface area contributed by atoms with Crippen LogP contribution in [0.15, 0.2) is 54.0 Å². The van der Waals surface area contributed by atoms with E-state index in [0.717, 1.165) is 5.56 Å². The van der Waals surface area contributed by atoms with Crippen molar-refractivity contribution in [2.24, 2.45) is 16.9 Å². The predicted octanol–water partition coefficient (Wildman–Crippen LogP) is 1.94. The van der Waals surface area contributed by atoms with Gasteiger partial charge in [-0.2, -0.15) is 0 Å². The fourth-order valence-corrected chi connectivity index (χ4v) is 2.28. The molecular weight excluding hydrogens is 274 g/mol. The number of nitrogens with two attached hydrogens (primary N) is 2. The molecule has 2 rings (SSSR count). The van der Waals surface area contributed by atoms with E-state index in [0.29, 0.717) is 24.5 Å². The Balaban J connectivity index is 2.07. The number of carbonyl (C=O) groups excluding carboxylic acids is 1. The molecule has 1 saturated heterocycles. The van der Waals surface area contributed by atoms with Crippen molar-refractivity contribution < 1.29 is 4.79 Å². The van der Waals surface area contributed by atoms with Crippen molar-refractivity contribution in [1.82, 2.24) is 4.90 Å². The number of carbonyl (C=O) groups is 1. The fraction of sp³-hybridized carbons (Fsp3) is 0.278. The molecule has 4 heteroatoms. The van der Waals surface area contributed by atoms with Crippen LogP contribution in [0.1, 0.15) is 25.8 Å². The Morgan fingerprint density at radius 2 is 1.91 bits per heavy atom. The summed E-state index contributed by atoms with van der Waals surface area (Å²) in [4.78, 5) is 13.5. The number of nitrogens with zero attached hydrogens (tertiary/aromatic N) is 1. The smallest absolute Gasteiger partial charge is 0.228 e. The van der Waals surface area contributed by atoms with E-state index in [1.165, 1.54) is 0 Å². The third kappa shape index (κ3) is 4.16. The molecule has 0 spiro atoms. The summed E-state index contributed by atoms with van der Waals surface area (Å²) in [5, 5.41) is 0. The molecule has 4 N–H and O–H groups in total. The Bertz CT molecular complexity index is 675. The summed E-state index contributed by atoms with van der Waals surface area (Å²) < 4.78 is 0. The first kappa shape index (κ1) is 15.7. The molecule has 0 saturated carbocycles. The van der Waals surface area contributed by atoms with E-state index in [9.17, 15) is 4.79 Å². The zero-order chi connectivity index (χ0) is 16.2. The Hall–Kier alpha value is -2.67. The first-order valence-electron chi connectivity index (χ1n) is 7.18. The van der Waals surface area contributed by atoms with Gasteiger partial charge in [0.25, 0.3) is 0 Å². The molecule has 1 aliphatic rings. The molecule has 1 amide bonds. The maximum absolute atomic E-state index is 11.9. The standard InChI is InChI=1S/C18H21N3O/c1-18(2)12-17(22)21(13-18)16(20)11-10-15(19)9-8-14-6-4-3-5-7-14/h3-7,10-11H,12-13,19-20H2,1-2H3/b15-10-,16-11+. The summed E-state index contributed by atoms with van der Waals surface area (Å²) in [6.45, 7) is 4.72. The van der Waals surface area contributed by atoms with Crippen molar-refractivity contribution in [2.75, 3.05) is 6.54 Å². The second kappa shape index (κ2) is 6.40. The molecule has 0 bridgehead atoms. The van der Waals surface area contributed by atoms with Crippen LogP contribution in [0.3, 0.4) is 0 Å². The van der Waals surface area contributed by atoms with Gasteiger partial charge in [0.15, 0.2) is 0 Å². The third-order valence-corrected chi connectivity index (χ3v) is 3.39. The van der Waals surface area contributed by atoms with Crippen molar-refractivity contribution in [1.29, 1.82) is 0 Å². The normalized spacial score (nSPS) is 18.1. The highest BCUT2D eigenvalue weighted by Gasteiger charge is 2.36. The first-order valence-corrected chi connectivity index (χ1v) is 7.18. The molecule has 1 fully saturated rings. The Kier molecular flexibility index (Phi) is 4.57. The van der Waals surface area contributed by atoms with Crippen LogP contribution in [-0.4, -0.2) is 17.4 Å². The number of likely N-dealkylation sites (tertiary alicyclic amines) is 1. The largest absolute Gasteiger partial charge is 0.392 e. The zero-order valence-electron chi connectivity index (χ0n) is 13.0. The van der Waals surface area contributed by atoms with Gasteiger partial charge in [-0.15, -0.1) is 0 Å². The third-order valence-electron chi connectivity index (χ3n) is 3.39. The molecule has 4 nitrogen and oxygen atoms in total. The van der Waals surface area contributed by atoms with Crippen LogP contribution in [0.2, 0.25) is 0 Å². The molecule has 0 unspecified atom stereocenters. The van der Waals surface area contributed by atoms with Crippen molar-refractivity contribution in [3.63, 3.8) is 0 Å². The minimum Gasteiger partial charge on any atom is -0.392 e. The topological polar surface area (TPSA) is 72.3 Å². The van der Waals surface area contributed by atoms with E-state index >= 15 is 0 Å². The van der Waals surface area contributed by atoms with E-state index in [4.69, 9.17) is 11.5 Å². The molecule has 0 radical (unpaired) electrons. The molecule has 0 atom stereocenters. The number of benzene rings is 1. The van der Waals surface area contributed by atoms with E-state index in [-0.39, 0.29) is 11.3 Å². The maximum Gasteiger partial charge on any atom is 0.228 e. The molecule has 0 aliphatic carbocycles. The van der Waals surface area contributed by atoms with Gasteiger partial charge in [-0.1, -0.05) is 38.0 Å². The minimum absolute atomic E-state index is 0.0427. The summed E-state index contributed by atoms with van der Waals surface area (Å²) in [5.41, 5.74) is 13.1. The highest BCUT2D eigenvalue weighted by molar-refractivity contribution is 5.81. The van der Waals surface area contributed by atoms with Gasteiger partial charge in [0.2, 0.25) is 5.91 Å². The van der Waals surface area contributed by atoms with Gasteiger partial charge in [0.1, 0.15) is 5.82 Å². The van der Waals surface area contributed by atoms with Crippen molar-refractivity contribution in [2.45, 2.75) is 20.3 Å². The van der Waals surface area contributed by atoms with Crippen LogP contribution in [0.25, 0.3) is 0 Å². The summed E-state index contributed by atoms with van der Waals surface area (Å²) in [6.07, 6.45) is 3.77. The summed E-state index contributed by atoms with van der Waals surface area (Å²) in [6, 6.07) is 9.60. The molecule has 1 heterocycles. The average Bonchev–Trinajstić information content (AvgIpc) is 2.76. The van der Waals surface area contributed by atoms with Gasteiger partial charge in [0.05, 0.1) is 5.70 Å². The molecule has 114 valence electrons.